The number of carbonyl (C=O) groups is 1. The zero-order valence-corrected chi connectivity index (χ0v) is 15.6. The summed E-state index contributed by atoms with van der Waals surface area (Å²) in [5.74, 6) is 0. The summed E-state index contributed by atoms with van der Waals surface area (Å²) in [6.45, 7) is 6.13. The second kappa shape index (κ2) is 7.61. The van der Waals surface area contributed by atoms with E-state index >= 15 is 0 Å². The van der Waals surface area contributed by atoms with Gasteiger partial charge in [0.1, 0.15) is 5.60 Å². The Morgan fingerprint density at radius 1 is 1.00 bits per heavy atom. The number of hydrogen-bond donors (Lipinski definition) is 1. The molecule has 0 aliphatic rings. The van der Waals surface area contributed by atoms with E-state index in [1.165, 1.54) is 27.1 Å². The standard InChI is InChI=1S/C23H25NO2/c1-23(2,3)26-22(25)24-15-9-8-11-18-16-17-10-4-5-12-19(17)21-14-7-6-13-20(18)21/h4-8,10-14,16H,9,15H2,1-3H3,(H,24,25). The smallest absolute Gasteiger partial charge is 0.407 e. The van der Waals surface area contributed by atoms with Crippen molar-refractivity contribution in [2.24, 2.45) is 0 Å². The van der Waals surface area contributed by atoms with Gasteiger partial charge in [0.25, 0.3) is 0 Å². The summed E-state index contributed by atoms with van der Waals surface area (Å²) >= 11 is 0. The van der Waals surface area contributed by atoms with Gasteiger partial charge in [-0.3, -0.25) is 0 Å². The molecule has 134 valence electrons. The maximum Gasteiger partial charge on any atom is 0.407 e. The molecule has 1 N–H and O–H groups in total. The molecular weight excluding hydrogens is 322 g/mol. The molecule has 0 atom stereocenters. The van der Waals surface area contributed by atoms with Crippen LogP contribution in [0.2, 0.25) is 0 Å². The van der Waals surface area contributed by atoms with Crippen molar-refractivity contribution >= 4 is 33.7 Å². The quantitative estimate of drug-likeness (QED) is 0.470. The van der Waals surface area contributed by atoms with Gasteiger partial charge in [0.2, 0.25) is 0 Å². The van der Waals surface area contributed by atoms with Crippen molar-refractivity contribution in [3.63, 3.8) is 0 Å². The normalized spacial score (nSPS) is 12.0. The van der Waals surface area contributed by atoms with E-state index in [2.05, 4.69) is 72.1 Å². The Morgan fingerprint density at radius 3 is 2.38 bits per heavy atom. The number of benzene rings is 3. The van der Waals surface area contributed by atoms with Gasteiger partial charge in [-0.05, 0) is 60.4 Å². The zero-order chi connectivity index (χ0) is 18.6. The third kappa shape index (κ3) is 4.42. The van der Waals surface area contributed by atoms with E-state index in [4.69, 9.17) is 4.74 Å². The lowest BCUT2D eigenvalue weighted by Gasteiger charge is -2.19. The Bertz CT molecular complexity index is 951. The van der Waals surface area contributed by atoms with Crippen molar-refractivity contribution in [3.8, 4) is 0 Å². The molecule has 0 saturated carbocycles. The van der Waals surface area contributed by atoms with E-state index in [9.17, 15) is 4.79 Å². The first-order chi connectivity index (χ1) is 12.4. The minimum absolute atomic E-state index is 0.373. The number of ether oxygens (including phenoxy) is 1. The molecule has 0 fully saturated rings. The summed E-state index contributed by atoms with van der Waals surface area (Å²) in [6, 6.07) is 19.1. The predicted molar refractivity (Wildman–Crippen MR) is 109 cm³/mol. The van der Waals surface area contributed by atoms with Gasteiger partial charge in [0.05, 0.1) is 0 Å². The zero-order valence-electron chi connectivity index (χ0n) is 15.6. The SMILES string of the molecule is CC(C)(C)OC(=O)NCCC=Cc1cc2ccccc2c2ccccc12. The summed E-state index contributed by atoms with van der Waals surface area (Å²) in [4.78, 5) is 11.7. The van der Waals surface area contributed by atoms with Gasteiger partial charge in [0, 0.05) is 6.54 Å². The fourth-order valence-electron chi connectivity index (χ4n) is 3.00. The fraction of sp³-hybridized carbons (Fsp3) is 0.261. The van der Waals surface area contributed by atoms with Crippen LogP contribution in [0.15, 0.2) is 60.7 Å². The molecule has 0 aliphatic carbocycles. The molecule has 0 aromatic heterocycles. The first-order valence-electron chi connectivity index (χ1n) is 8.98. The first kappa shape index (κ1) is 18.0. The van der Waals surface area contributed by atoms with Crippen LogP contribution in [0.3, 0.4) is 0 Å². The van der Waals surface area contributed by atoms with Crippen LogP contribution in [0.5, 0.6) is 0 Å². The van der Waals surface area contributed by atoms with E-state index < -0.39 is 5.60 Å². The molecule has 0 saturated heterocycles. The lowest BCUT2D eigenvalue weighted by Crippen LogP contribution is -2.32. The highest BCUT2D eigenvalue weighted by atomic mass is 16.6. The lowest BCUT2D eigenvalue weighted by atomic mass is 9.97. The monoisotopic (exact) mass is 347 g/mol. The van der Waals surface area contributed by atoms with E-state index in [0.29, 0.717) is 6.54 Å². The Morgan fingerprint density at radius 2 is 1.65 bits per heavy atom. The predicted octanol–water partition coefficient (Wildman–Crippen LogP) is 5.92. The molecule has 3 heteroatoms. The van der Waals surface area contributed by atoms with Crippen molar-refractivity contribution in [1.29, 1.82) is 0 Å². The van der Waals surface area contributed by atoms with Crippen molar-refractivity contribution in [2.75, 3.05) is 6.54 Å². The lowest BCUT2D eigenvalue weighted by molar-refractivity contribution is 0.0529. The van der Waals surface area contributed by atoms with Crippen molar-refractivity contribution in [3.05, 3.63) is 66.2 Å². The molecule has 0 spiro atoms. The van der Waals surface area contributed by atoms with E-state index in [1.807, 2.05) is 20.8 Å². The Kier molecular flexibility index (Phi) is 5.27. The number of amides is 1. The maximum absolute atomic E-state index is 11.7. The van der Waals surface area contributed by atoms with Crippen LogP contribution < -0.4 is 5.32 Å². The number of alkyl carbamates (subject to hydrolysis) is 1. The van der Waals surface area contributed by atoms with Crippen LogP contribution in [0.25, 0.3) is 27.6 Å². The molecule has 3 aromatic carbocycles. The largest absolute Gasteiger partial charge is 0.444 e. The molecular formula is C23H25NO2. The number of nitrogens with one attached hydrogen (secondary N) is 1. The third-order valence-electron chi connectivity index (χ3n) is 4.08. The Balaban J connectivity index is 1.72. The molecule has 0 unspecified atom stereocenters. The van der Waals surface area contributed by atoms with Gasteiger partial charge >= 0.3 is 6.09 Å². The average molecular weight is 347 g/mol. The van der Waals surface area contributed by atoms with Gasteiger partial charge < -0.3 is 10.1 Å². The summed E-state index contributed by atoms with van der Waals surface area (Å²) in [6.07, 6.45) is 4.60. The molecule has 3 nitrogen and oxygen atoms in total. The maximum atomic E-state index is 11.7. The van der Waals surface area contributed by atoms with Crippen LogP contribution in [-0.2, 0) is 4.74 Å². The van der Waals surface area contributed by atoms with Gasteiger partial charge in [-0.1, -0.05) is 60.7 Å². The van der Waals surface area contributed by atoms with Crippen molar-refractivity contribution < 1.29 is 9.53 Å². The van der Waals surface area contributed by atoms with Gasteiger partial charge in [-0.2, -0.15) is 0 Å². The number of carbonyl (C=O) groups excluding carboxylic acids is 1. The minimum atomic E-state index is -0.468. The van der Waals surface area contributed by atoms with E-state index in [0.717, 1.165) is 6.42 Å². The molecule has 3 rings (SSSR count). The number of fused-ring (bicyclic) bond motifs is 3. The Labute approximate surface area is 154 Å². The highest BCUT2D eigenvalue weighted by Crippen LogP contribution is 2.29. The van der Waals surface area contributed by atoms with Crippen LogP contribution in [0.1, 0.15) is 32.8 Å². The number of hydrogen-bond acceptors (Lipinski definition) is 2. The van der Waals surface area contributed by atoms with Gasteiger partial charge in [0.15, 0.2) is 0 Å². The second-order valence-corrected chi connectivity index (χ2v) is 7.35. The third-order valence-corrected chi connectivity index (χ3v) is 4.08. The van der Waals surface area contributed by atoms with E-state index in [-0.39, 0.29) is 6.09 Å². The minimum Gasteiger partial charge on any atom is -0.444 e. The molecule has 26 heavy (non-hydrogen) atoms. The van der Waals surface area contributed by atoms with Crippen molar-refractivity contribution in [2.45, 2.75) is 32.8 Å². The van der Waals surface area contributed by atoms with Crippen LogP contribution >= 0.6 is 0 Å². The van der Waals surface area contributed by atoms with Crippen molar-refractivity contribution in [1.82, 2.24) is 5.32 Å². The van der Waals surface area contributed by atoms with E-state index in [1.54, 1.807) is 0 Å². The first-order valence-corrected chi connectivity index (χ1v) is 8.98. The highest BCUT2D eigenvalue weighted by molar-refractivity contribution is 6.10. The molecule has 1 amide bonds. The highest BCUT2D eigenvalue weighted by Gasteiger charge is 2.15. The summed E-state index contributed by atoms with van der Waals surface area (Å²) in [7, 11) is 0. The van der Waals surface area contributed by atoms with Gasteiger partial charge in [-0.25, -0.2) is 4.79 Å². The van der Waals surface area contributed by atoms with Crippen LogP contribution in [0, 0.1) is 0 Å². The van der Waals surface area contributed by atoms with Crippen LogP contribution in [0.4, 0.5) is 4.79 Å². The molecule has 0 radical (unpaired) electrons. The summed E-state index contributed by atoms with van der Waals surface area (Å²) in [5, 5.41) is 7.78. The van der Waals surface area contributed by atoms with Crippen LogP contribution in [-0.4, -0.2) is 18.2 Å². The fourth-order valence-corrected chi connectivity index (χ4v) is 3.00. The molecule has 0 bridgehead atoms. The average Bonchev–Trinajstić information content (AvgIpc) is 2.60. The topological polar surface area (TPSA) is 38.3 Å². The number of rotatable bonds is 4. The van der Waals surface area contributed by atoms with Gasteiger partial charge in [-0.15, -0.1) is 0 Å². The Hall–Kier alpha value is -2.81. The molecule has 3 aromatic rings. The second-order valence-electron chi connectivity index (χ2n) is 7.35. The summed E-state index contributed by atoms with van der Waals surface area (Å²) in [5.41, 5.74) is 0.723. The molecule has 0 aliphatic heterocycles. The summed E-state index contributed by atoms with van der Waals surface area (Å²) < 4.78 is 5.23. The molecule has 0 heterocycles.